The van der Waals surface area contributed by atoms with Crippen LogP contribution < -0.4 is 4.90 Å². The number of nitrogens with zero attached hydrogens (tertiary/aromatic N) is 1. The number of halogens is 2. The number of hydrogen-bond acceptors (Lipinski definition) is 2. The second-order valence-corrected chi connectivity index (χ2v) is 3.79. The number of rotatable bonds is 1. The van der Waals surface area contributed by atoms with Crippen LogP contribution in [0, 0.1) is 5.82 Å². The third-order valence-corrected chi connectivity index (χ3v) is 2.56. The smallest absolute Gasteiger partial charge is 0.261 e. The third kappa shape index (κ3) is 1.51. The van der Waals surface area contributed by atoms with Gasteiger partial charge in [-0.2, -0.15) is 0 Å². The van der Waals surface area contributed by atoms with E-state index in [1.807, 2.05) is 0 Å². The Morgan fingerprint density at radius 2 is 2.00 bits per heavy atom. The van der Waals surface area contributed by atoms with Gasteiger partial charge in [-0.1, -0.05) is 17.7 Å². The van der Waals surface area contributed by atoms with Crippen LogP contribution in [0.4, 0.5) is 10.1 Å². The molecule has 0 radical (unpaired) electrons. The molecule has 2 rings (SSSR count). The van der Waals surface area contributed by atoms with E-state index in [9.17, 15) is 14.0 Å². The highest BCUT2D eigenvalue weighted by atomic mass is 35.5. The minimum absolute atomic E-state index is 0.115. The summed E-state index contributed by atoms with van der Waals surface area (Å²) in [6, 6.07) is 4.17. The molecule has 82 valence electrons. The molecule has 0 atom stereocenters. The minimum Gasteiger partial charge on any atom is -0.269 e. The van der Waals surface area contributed by atoms with Gasteiger partial charge in [0.25, 0.3) is 11.8 Å². The van der Waals surface area contributed by atoms with Crippen molar-refractivity contribution < 1.29 is 14.0 Å². The summed E-state index contributed by atoms with van der Waals surface area (Å²) < 4.78 is 13.6. The fraction of sp³-hybridized carbons (Fsp3) is 0.0909. The first-order valence-electron chi connectivity index (χ1n) is 4.53. The van der Waals surface area contributed by atoms with E-state index in [1.165, 1.54) is 31.2 Å². The highest BCUT2D eigenvalue weighted by Gasteiger charge is 2.31. The number of carbonyl (C=O) groups is 2. The van der Waals surface area contributed by atoms with Gasteiger partial charge < -0.3 is 0 Å². The zero-order valence-corrected chi connectivity index (χ0v) is 9.08. The second-order valence-electron chi connectivity index (χ2n) is 3.38. The summed E-state index contributed by atoms with van der Waals surface area (Å²) in [6.45, 7) is 1.50. The Hall–Kier alpha value is -1.68. The molecule has 0 saturated heterocycles. The SMILES string of the molecule is CC1=CC(=O)N(c2cccc(Cl)c2F)C1=O. The number of carbonyl (C=O) groups excluding carboxylic acids is 2. The minimum atomic E-state index is -0.769. The summed E-state index contributed by atoms with van der Waals surface area (Å²) in [5.74, 6) is -1.84. The lowest BCUT2D eigenvalue weighted by Crippen LogP contribution is -2.31. The number of amides is 2. The molecule has 0 saturated carbocycles. The monoisotopic (exact) mass is 239 g/mol. The number of anilines is 1. The molecule has 1 aromatic carbocycles. The van der Waals surface area contributed by atoms with Crippen LogP contribution in [0.15, 0.2) is 29.8 Å². The van der Waals surface area contributed by atoms with E-state index < -0.39 is 17.6 Å². The first kappa shape index (κ1) is 10.8. The fourth-order valence-corrected chi connectivity index (χ4v) is 1.65. The van der Waals surface area contributed by atoms with Crippen molar-refractivity contribution in [3.63, 3.8) is 0 Å². The summed E-state index contributed by atoms with van der Waals surface area (Å²) >= 11 is 5.58. The molecule has 1 aliphatic rings. The van der Waals surface area contributed by atoms with E-state index in [4.69, 9.17) is 11.6 Å². The van der Waals surface area contributed by atoms with Crippen LogP contribution in [-0.2, 0) is 9.59 Å². The largest absolute Gasteiger partial charge is 0.269 e. The summed E-state index contributed by atoms with van der Waals surface area (Å²) in [7, 11) is 0. The molecular formula is C11H7ClFNO2. The van der Waals surface area contributed by atoms with Gasteiger partial charge in [-0.05, 0) is 19.1 Å². The Morgan fingerprint density at radius 3 is 2.56 bits per heavy atom. The Bertz CT molecular complexity index is 525. The lowest BCUT2D eigenvalue weighted by molar-refractivity contribution is -0.120. The molecular weight excluding hydrogens is 233 g/mol. The molecule has 0 spiro atoms. The Labute approximate surface area is 96.1 Å². The molecule has 16 heavy (non-hydrogen) atoms. The number of hydrogen-bond donors (Lipinski definition) is 0. The first-order chi connectivity index (χ1) is 7.52. The van der Waals surface area contributed by atoms with Gasteiger partial charge in [-0.3, -0.25) is 9.59 Å². The summed E-state index contributed by atoms with van der Waals surface area (Å²) in [5.41, 5.74) is 0.167. The highest BCUT2D eigenvalue weighted by molar-refractivity contribution is 6.33. The molecule has 0 fully saturated rings. The zero-order valence-electron chi connectivity index (χ0n) is 8.33. The van der Waals surface area contributed by atoms with Crippen LogP contribution >= 0.6 is 11.6 Å². The van der Waals surface area contributed by atoms with Crippen molar-refractivity contribution in [3.05, 3.63) is 40.7 Å². The van der Waals surface area contributed by atoms with Crippen LogP contribution in [0.1, 0.15) is 6.92 Å². The predicted octanol–water partition coefficient (Wildman–Crippen LogP) is 2.30. The lowest BCUT2D eigenvalue weighted by Gasteiger charge is -2.15. The summed E-state index contributed by atoms with van der Waals surface area (Å²) in [5, 5.41) is -0.123. The molecule has 1 aliphatic heterocycles. The summed E-state index contributed by atoms with van der Waals surface area (Å²) in [6.07, 6.45) is 1.17. The molecule has 0 aromatic heterocycles. The molecule has 0 bridgehead atoms. The standard InChI is InChI=1S/C11H7ClFNO2/c1-6-5-9(15)14(11(6)16)8-4-2-3-7(12)10(8)13/h2-5H,1H3. The van der Waals surface area contributed by atoms with Gasteiger partial charge in [0.05, 0.1) is 10.7 Å². The molecule has 1 aromatic rings. The average Bonchev–Trinajstić information content (AvgIpc) is 2.47. The van der Waals surface area contributed by atoms with Crippen LogP contribution in [0.3, 0.4) is 0 Å². The van der Waals surface area contributed by atoms with Crippen molar-refractivity contribution in [2.75, 3.05) is 4.90 Å². The van der Waals surface area contributed by atoms with Crippen molar-refractivity contribution >= 4 is 29.1 Å². The van der Waals surface area contributed by atoms with Crippen LogP contribution in [0.2, 0.25) is 5.02 Å². The lowest BCUT2D eigenvalue weighted by atomic mass is 10.2. The molecule has 2 amide bonds. The molecule has 1 heterocycles. The van der Waals surface area contributed by atoms with Crippen LogP contribution in [0.5, 0.6) is 0 Å². The first-order valence-corrected chi connectivity index (χ1v) is 4.91. The number of imide groups is 1. The van der Waals surface area contributed by atoms with Crippen molar-refractivity contribution in [2.24, 2.45) is 0 Å². The summed E-state index contributed by atoms with van der Waals surface area (Å²) in [4.78, 5) is 23.9. The van der Waals surface area contributed by atoms with Crippen molar-refractivity contribution in [2.45, 2.75) is 6.92 Å². The van der Waals surface area contributed by atoms with Gasteiger partial charge in [0.2, 0.25) is 0 Å². The Morgan fingerprint density at radius 1 is 1.31 bits per heavy atom. The Balaban J connectivity index is 2.51. The second kappa shape index (κ2) is 3.72. The van der Waals surface area contributed by atoms with Crippen LogP contribution in [0.25, 0.3) is 0 Å². The zero-order chi connectivity index (χ0) is 11.9. The maximum absolute atomic E-state index is 13.6. The number of benzene rings is 1. The average molecular weight is 240 g/mol. The third-order valence-electron chi connectivity index (χ3n) is 2.27. The van der Waals surface area contributed by atoms with E-state index in [0.717, 1.165) is 4.90 Å². The quantitative estimate of drug-likeness (QED) is 0.705. The van der Waals surface area contributed by atoms with Crippen LogP contribution in [-0.4, -0.2) is 11.8 Å². The highest BCUT2D eigenvalue weighted by Crippen LogP contribution is 2.29. The van der Waals surface area contributed by atoms with Gasteiger partial charge in [0, 0.05) is 11.6 Å². The predicted molar refractivity (Wildman–Crippen MR) is 57.7 cm³/mol. The maximum Gasteiger partial charge on any atom is 0.261 e. The molecule has 5 heteroatoms. The molecule has 0 unspecified atom stereocenters. The van der Waals surface area contributed by atoms with Crippen molar-refractivity contribution in [1.29, 1.82) is 0 Å². The van der Waals surface area contributed by atoms with Crippen molar-refractivity contribution in [3.8, 4) is 0 Å². The fourth-order valence-electron chi connectivity index (χ4n) is 1.48. The van der Waals surface area contributed by atoms with E-state index >= 15 is 0 Å². The normalized spacial score (nSPS) is 15.7. The van der Waals surface area contributed by atoms with E-state index in [2.05, 4.69) is 0 Å². The molecule has 0 N–H and O–H groups in total. The topological polar surface area (TPSA) is 37.4 Å². The van der Waals surface area contributed by atoms with Gasteiger partial charge in [-0.15, -0.1) is 0 Å². The van der Waals surface area contributed by atoms with Gasteiger partial charge >= 0.3 is 0 Å². The van der Waals surface area contributed by atoms with Crippen molar-refractivity contribution in [1.82, 2.24) is 0 Å². The molecule has 0 aliphatic carbocycles. The molecule has 3 nitrogen and oxygen atoms in total. The van der Waals surface area contributed by atoms with E-state index in [0.29, 0.717) is 0 Å². The van der Waals surface area contributed by atoms with Gasteiger partial charge in [-0.25, -0.2) is 9.29 Å². The van der Waals surface area contributed by atoms with Gasteiger partial charge in [0.15, 0.2) is 5.82 Å². The Kier molecular flexibility index (Phi) is 2.52. The van der Waals surface area contributed by atoms with Gasteiger partial charge in [0.1, 0.15) is 0 Å². The maximum atomic E-state index is 13.6. The van der Waals surface area contributed by atoms with E-state index in [-0.39, 0.29) is 16.3 Å². The van der Waals surface area contributed by atoms with E-state index in [1.54, 1.807) is 0 Å².